The number of carbonyl (C=O) groups is 1. The standard InChI is InChI=1S/C44H42Cl2N2O7/c1-47-17-15-27-21-35(50-3)38-23-31(27)33(47)19-25-11-13-29(14-12-25)53-37-22-28(32(45)24-36(37)51-4)20-34-39-30(16-18-48(34)2)40(46)42(52-5)43(41(39)54-38)55-44(49)26-9-7-6-8-10-26/h6-14,21-24,33-34H,15-20H2,1-5H3/t33-,34-/m0/s1. The molecule has 4 aliphatic heterocycles. The molecule has 0 radical (unpaired) electrons. The summed E-state index contributed by atoms with van der Waals surface area (Å²) >= 11 is 14.3. The van der Waals surface area contributed by atoms with Crippen molar-refractivity contribution >= 4 is 29.2 Å². The Kier molecular flexibility index (Phi) is 10.3. The fourth-order valence-corrected chi connectivity index (χ4v) is 8.60. The molecule has 9 nitrogen and oxygen atoms in total. The monoisotopic (exact) mass is 780 g/mol. The zero-order chi connectivity index (χ0) is 38.4. The molecule has 5 aromatic carbocycles. The van der Waals surface area contributed by atoms with Crippen LogP contribution in [0.1, 0.15) is 55.8 Å². The van der Waals surface area contributed by atoms with Gasteiger partial charge in [0.2, 0.25) is 5.75 Å². The van der Waals surface area contributed by atoms with Crippen LogP contribution < -0.4 is 28.4 Å². The van der Waals surface area contributed by atoms with Crippen molar-refractivity contribution in [3.05, 3.63) is 128 Å². The highest BCUT2D eigenvalue weighted by molar-refractivity contribution is 6.33. The maximum Gasteiger partial charge on any atom is 0.343 e. The van der Waals surface area contributed by atoms with Gasteiger partial charge in [-0.1, -0.05) is 53.5 Å². The second kappa shape index (κ2) is 15.3. The predicted molar refractivity (Wildman–Crippen MR) is 213 cm³/mol. The van der Waals surface area contributed by atoms with E-state index in [1.165, 1.54) is 12.7 Å². The molecule has 0 saturated carbocycles. The van der Waals surface area contributed by atoms with Crippen molar-refractivity contribution in [2.45, 2.75) is 37.8 Å². The molecule has 4 aliphatic rings. The van der Waals surface area contributed by atoms with Gasteiger partial charge >= 0.3 is 5.97 Å². The third-order valence-electron chi connectivity index (χ3n) is 11.0. The van der Waals surface area contributed by atoms with Crippen molar-refractivity contribution in [1.82, 2.24) is 9.80 Å². The van der Waals surface area contributed by atoms with Crippen LogP contribution in [0.4, 0.5) is 0 Å². The quantitative estimate of drug-likeness (QED) is 0.128. The summed E-state index contributed by atoms with van der Waals surface area (Å²) < 4.78 is 37.6. The maximum atomic E-state index is 13.9. The fourth-order valence-electron chi connectivity index (χ4n) is 8.01. The summed E-state index contributed by atoms with van der Waals surface area (Å²) in [5.74, 6) is 2.78. The Morgan fingerprint density at radius 1 is 0.727 bits per heavy atom. The van der Waals surface area contributed by atoms with Gasteiger partial charge in [-0.25, -0.2) is 4.79 Å². The van der Waals surface area contributed by atoms with E-state index in [1.54, 1.807) is 44.6 Å². The first-order chi connectivity index (χ1) is 26.7. The van der Waals surface area contributed by atoms with Crippen LogP contribution >= 0.6 is 23.2 Å². The van der Waals surface area contributed by atoms with Gasteiger partial charge in [0.05, 0.1) is 31.9 Å². The van der Waals surface area contributed by atoms with Gasteiger partial charge in [0.15, 0.2) is 34.5 Å². The second-order valence-electron chi connectivity index (χ2n) is 14.2. The molecular formula is C44H42Cl2N2O7. The molecule has 0 amide bonds. The zero-order valence-corrected chi connectivity index (χ0v) is 32.9. The van der Waals surface area contributed by atoms with Crippen molar-refractivity contribution in [3.63, 3.8) is 0 Å². The Morgan fingerprint density at radius 3 is 2.15 bits per heavy atom. The SMILES string of the molecule is COc1cc(Cl)c2cc1Oc1ccc(cc1)C[C@H]1c3cc(c(OC)cc3CCN1C)Oc1c(OC(=O)c3ccccc3)c(OC)c(Cl)c3c1[C@H](C2)N(C)CC3. The molecule has 0 spiro atoms. The minimum atomic E-state index is -0.584. The summed E-state index contributed by atoms with van der Waals surface area (Å²) in [5.41, 5.74) is 6.24. The van der Waals surface area contributed by atoms with Gasteiger partial charge in [-0.3, -0.25) is 9.80 Å². The van der Waals surface area contributed by atoms with E-state index in [4.69, 9.17) is 51.6 Å². The number of esters is 1. The predicted octanol–water partition coefficient (Wildman–Crippen LogP) is 9.68. The third-order valence-corrected chi connectivity index (χ3v) is 11.8. The minimum Gasteiger partial charge on any atom is -0.493 e. The highest BCUT2D eigenvalue weighted by Gasteiger charge is 2.38. The molecule has 2 atom stereocenters. The van der Waals surface area contributed by atoms with Crippen LogP contribution in [0.5, 0.6) is 46.0 Å². The van der Waals surface area contributed by atoms with Gasteiger partial charge in [0.1, 0.15) is 5.75 Å². The highest BCUT2D eigenvalue weighted by atomic mass is 35.5. The number of benzene rings is 5. The molecule has 55 heavy (non-hydrogen) atoms. The van der Waals surface area contributed by atoms with Gasteiger partial charge in [-0.15, -0.1) is 0 Å². The molecule has 6 bridgehead atoms. The summed E-state index contributed by atoms with van der Waals surface area (Å²) in [6.45, 7) is 1.57. The molecule has 5 aromatic rings. The van der Waals surface area contributed by atoms with E-state index in [1.807, 2.05) is 31.3 Å². The van der Waals surface area contributed by atoms with Crippen LogP contribution in [0.3, 0.4) is 0 Å². The number of fused-ring (bicyclic) bond motifs is 2. The van der Waals surface area contributed by atoms with E-state index >= 15 is 0 Å². The average Bonchev–Trinajstić information content (AvgIpc) is 3.19. The van der Waals surface area contributed by atoms with Crippen LogP contribution in [0.25, 0.3) is 0 Å². The molecule has 11 heteroatoms. The van der Waals surface area contributed by atoms with Crippen molar-refractivity contribution < 1.29 is 33.2 Å². The number of nitrogens with zero attached hydrogens (tertiary/aromatic N) is 2. The van der Waals surface area contributed by atoms with Crippen LogP contribution in [-0.2, 0) is 25.7 Å². The lowest BCUT2D eigenvalue weighted by molar-refractivity contribution is 0.0724. The van der Waals surface area contributed by atoms with E-state index in [0.29, 0.717) is 69.5 Å². The van der Waals surface area contributed by atoms with E-state index in [9.17, 15) is 4.79 Å². The van der Waals surface area contributed by atoms with Gasteiger partial charge in [0.25, 0.3) is 0 Å². The lowest BCUT2D eigenvalue weighted by Crippen LogP contribution is -2.34. The van der Waals surface area contributed by atoms with Crippen molar-refractivity contribution in [1.29, 1.82) is 0 Å². The lowest BCUT2D eigenvalue weighted by Gasteiger charge is -2.38. The molecule has 0 saturated heterocycles. The molecule has 0 unspecified atom stereocenters. The number of likely N-dealkylation sites (N-methyl/N-ethyl adjacent to an activating group) is 2. The number of ether oxygens (including phenoxy) is 6. The van der Waals surface area contributed by atoms with Gasteiger partial charge < -0.3 is 28.4 Å². The number of carbonyl (C=O) groups excluding carboxylic acids is 1. The Labute approximate surface area is 331 Å². The Bertz CT molecular complexity index is 2260. The van der Waals surface area contributed by atoms with E-state index in [2.05, 4.69) is 41.1 Å². The Balaban J connectivity index is 1.40. The third kappa shape index (κ3) is 6.95. The van der Waals surface area contributed by atoms with Gasteiger partial charge in [0, 0.05) is 41.8 Å². The van der Waals surface area contributed by atoms with Crippen LogP contribution in [0, 0.1) is 0 Å². The number of methoxy groups -OCH3 is 3. The molecule has 0 N–H and O–H groups in total. The van der Waals surface area contributed by atoms with Crippen LogP contribution in [0.2, 0.25) is 10.0 Å². The summed E-state index contributed by atoms with van der Waals surface area (Å²) in [7, 11) is 8.94. The maximum absolute atomic E-state index is 13.9. The summed E-state index contributed by atoms with van der Waals surface area (Å²) in [5, 5.41) is 0.867. The van der Waals surface area contributed by atoms with Crippen molar-refractivity contribution in [3.8, 4) is 46.0 Å². The normalized spacial score (nSPS) is 17.9. The second-order valence-corrected chi connectivity index (χ2v) is 15.0. The molecule has 0 aliphatic carbocycles. The van der Waals surface area contributed by atoms with E-state index in [-0.39, 0.29) is 23.6 Å². The van der Waals surface area contributed by atoms with Crippen molar-refractivity contribution in [2.24, 2.45) is 0 Å². The number of halogens is 2. The number of rotatable bonds is 5. The molecule has 0 fully saturated rings. The highest BCUT2D eigenvalue weighted by Crippen LogP contribution is 2.55. The van der Waals surface area contributed by atoms with Crippen LogP contribution in [0.15, 0.2) is 78.9 Å². The van der Waals surface area contributed by atoms with E-state index < -0.39 is 5.97 Å². The van der Waals surface area contributed by atoms with Crippen molar-refractivity contribution in [2.75, 3.05) is 48.5 Å². The largest absolute Gasteiger partial charge is 0.493 e. The van der Waals surface area contributed by atoms with Gasteiger partial charge in [-0.05, 0) is 110 Å². The molecule has 4 heterocycles. The summed E-state index contributed by atoms with van der Waals surface area (Å²) in [6, 6.07) is 24.5. The first-order valence-corrected chi connectivity index (χ1v) is 19.0. The van der Waals surface area contributed by atoms with Gasteiger partial charge in [-0.2, -0.15) is 0 Å². The number of hydrogen-bond donors (Lipinski definition) is 0. The van der Waals surface area contributed by atoms with E-state index in [0.717, 1.165) is 47.2 Å². The minimum absolute atomic E-state index is 0.0458. The van der Waals surface area contributed by atoms with Crippen LogP contribution in [-0.4, -0.2) is 64.3 Å². The topological polar surface area (TPSA) is 78.9 Å². The summed E-state index contributed by atoms with van der Waals surface area (Å²) in [4.78, 5) is 18.5. The first-order valence-electron chi connectivity index (χ1n) is 18.3. The average molecular weight is 782 g/mol. The first kappa shape index (κ1) is 37.0. The lowest BCUT2D eigenvalue weighted by atomic mass is 9.87. The Morgan fingerprint density at radius 2 is 1.42 bits per heavy atom. The fraction of sp³-hybridized carbons (Fsp3) is 0.295. The Hall–Kier alpha value is -4.93. The molecule has 284 valence electrons. The molecule has 9 rings (SSSR count). The smallest absolute Gasteiger partial charge is 0.343 e. The summed E-state index contributed by atoms with van der Waals surface area (Å²) in [6.07, 6.45) is 2.63. The number of hydrogen-bond acceptors (Lipinski definition) is 9. The molecule has 0 aromatic heterocycles. The molecular weight excluding hydrogens is 739 g/mol. The zero-order valence-electron chi connectivity index (χ0n) is 31.4.